The standard InChI is InChI=1S/C21H27N3O4/c25-19(17-8-4-5-9-18(17)20(26)27)22-15-10-12-16(13-11-15)24-21(28)23-14-6-2-1-3-7-14/h4-5,10-14,17-18H,1-3,6-9H2,(H,22,25)(H,26,27)(H2,23,24,28)/t17-,18-/m1/s1. The number of hydrogen-bond donors (Lipinski definition) is 4. The summed E-state index contributed by atoms with van der Waals surface area (Å²) in [5.74, 6) is -2.53. The second-order valence-electron chi connectivity index (χ2n) is 7.49. The van der Waals surface area contributed by atoms with Gasteiger partial charge in [0.25, 0.3) is 0 Å². The molecule has 1 aromatic carbocycles. The van der Waals surface area contributed by atoms with Crippen LogP contribution in [0.3, 0.4) is 0 Å². The van der Waals surface area contributed by atoms with E-state index in [4.69, 9.17) is 0 Å². The summed E-state index contributed by atoms with van der Waals surface area (Å²) in [5, 5.41) is 17.9. The van der Waals surface area contributed by atoms with Gasteiger partial charge in [-0.3, -0.25) is 9.59 Å². The van der Waals surface area contributed by atoms with Gasteiger partial charge in [-0.15, -0.1) is 0 Å². The van der Waals surface area contributed by atoms with Gasteiger partial charge in [-0.1, -0.05) is 31.4 Å². The number of carbonyl (C=O) groups excluding carboxylic acids is 2. The van der Waals surface area contributed by atoms with Crippen LogP contribution in [-0.4, -0.2) is 29.1 Å². The Balaban J connectivity index is 1.52. The van der Waals surface area contributed by atoms with E-state index in [1.165, 1.54) is 6.42 Å². The first kappa shape index (κ1) is 19.9. The molecule has 7 heteroatoms. The van der Waals surface area contributed by atoms with Crippen LogP contribution in [-0.2, 0) is 9.59 Å². The van der Waals surface area contributed by atoms with Crippen LogP contribution in [0.25, 0.3) is 0 Å². The Morgan fingerprint density at radius 3 is 2.00 bits per heavy atom. The second-order valence-corrected chi connectivity index (χ2v) is 7.49. The number of carbonyl (C=O) groups is 3. The van der Waals surface area contributed by atoms with Crippen molar-refractivity contribution in [3.63, 3.8) is 0 Å². The lowest BCUT2D eigenvalue weighted by molar-refractivity contribution is -0.146. The number of nitrogens with one attached hydrogen (secondary N) is 3. The van der Waals surface area contributed by atoms with Crippen LogP contribution in [0.2, 0.25) is 0 Å². The van der Waals surface area contributed by atoms with Gasteiger partial charge in [0.05, 0.1) is 11.8 Å². The molecular formula is C21H27N3O4. The van der Waals surface area contributed by atoms with E-state index < -0.39 is 17.8 Å². The summed E-state index contributed by atoms with van der Waals surface area (Å²) in [6, 6.07) is 6.84. The zero-order valence-corrected chi connectivity index (χ0v) is 15.8. The second kappa shape index (κ2) is 9.39. The number of allylic oxidation sites excluding steroid dienone is 2. The van der Waals surface area contributed by atoms with Crippen LogP contribution < -0.4 is 16.0 Å². The summed E-state index contributed by atoms with van der Waals surface area (Å²) in [4.78, 5) is 35.9. The van der Waals surface area contributed by atoms with Gasteiger partial charge in [0.2, 0.25) is 5.91 Å². The number of aliphatic carboxylic acids is 1. The minimum atomic E-state index is -0.951. The molecule has 1 aromatic rings. The summed E-state index contributed by atoms with van der Waals surface area (Å²) in [6.07, 6.45) is 10.0. The average Bonchev–Trinajstić information content (AvgIpc) is 2.70. The fraction of sp³-hybridized carbons (Fsp3) is 0.476. The molecule has 1 fully saturated rings. The van der Waals surface area contributed by atoms with Gasteiger partial charge < -0.3 is 21.1 Å². The van der Waals surface area contributed by atoms with Crippen molar-refractivity contribution in [2.24, 2.45) is 11.8 Å². The smallest absolute Gasteiger partial charge is 0.319 e. The molecule has 3 rings (SSSR count). The van der Waals surface area contributed by atoms with Crippen molar-refractivity contribution in [1.29, 1.82) is 0 Å². The molecule has 3 amide bonds. The molecule has 0 aromatic heterocycles. The molecule has 0 heterocycles. The molecule has 1 saturated carbocycles. The van der Waals surface area contributed by atoms with Crippen molar-refractivity contribution < 1.29 is 19.5 Å². The molecule has 7 nitrogen and oxygen atoms in total. The van der Waals surface area contributed by atoms with Crippen LogP contribution in [0, 0.1) is 11.8 Å². The number of amides is 3. The van der Waals surface area contributed by atoms with Gasteiger partial charge in [0.15, 0.2) is 0 Å². The van der Waals surface area contributed by atoms with Gasteiger partial charge >= 0.3 is 12.0 Å². The largest absolute Gasteiger partial charge is 0.481 e. The minimum Gasteiger partial charge on any atom is -0.481 e. The van der Waals surface area contributed by atoms with E-state index in [2.05, 4.69) is 16.0 Å². The summed E-state index contributed by atoms with van der Waals surface area (Å²) >= 11 is 0. The lowest BCUT2D eigenvalue weighted by Crippen LogP contribution is -2.39. The fourth-order valence-corrected chi connectivity index (χ4v) is 3.85. The molecule has 0 saturated heterocycles. The number of anilines is 2. The lowest BCUT2D eigenvalue weighted by atomic mass is 9.82. The zero-order valence-electron chi connectivity index (χ0n) is 15.8. The van der Waals surface area contributed by atoms with E-state index in [-0.39, 0.29) is 18.0 Å². The third kappa shape index (κ3) is 5.34. The topological polar surface area (TPSA) is 108 Å². The fourth-order valence-electron chi connectivity index (χ4n) is 3.85. The van der Waals surface area contributed by atoms with E-state index >= 15 is 0 Å². The molecule has 2 aliphatic rings. The summed E-state index contributed by atoms with van der Waals surface area (Å²) in [5.41, 5.74) is 1.21. The third-order valence-corrected chi connectivity index (χ3v) is 5.44. The molecule has 0 spiro atoms. The number of urea groups is 1. The third-order valence-electron chi connectivity index (χ3n) is 5.44. The highest BCUT2D eigenvalue weighted by atomic mass is 16.4. The predicted octanol–water partition coefficient (Wildman–Crippen LogP) is 3.75. The van der Waals surface area contributed by atoms with Crippen LogP contribution in [0.4, 0.5) is 16.2 Å². The van der Waals surface area contributed by atoms with Gasteiger partial charge in [-0.05, 0) is 49.9 Å². The predicted molar refractivity (Wildman–Crippen MR) is 107 cm³/mol. The quantitative estimate of drug-likeness (QED) is 0.579. The molecule has 2 aliphatic carbocycles. The summed E-state index contributed by atoms with van der Waals surface area (Å²) in [6.45, 7) is 0. The molecule has 0 unspecified atom stereocenters. The van der Waals surface area contributed by atoms with E-state index in [1.807, 2.05) is 6.08 Å². The molecule has 0 radical (unpaired) electrons. The first-order valence-electron chi connectivity index (χ1n) is 9.89. The van der Waals surface area contributed by atoms with Gasteiger partial charge in [0.1, 0.15) is 0 Å². The van der Waals surface area contributed by atoms with Crippen molar-refractivity contribution in [3.8, 4) is 0 Å². The Morgan fingerprint density at radius 1 is 0.821 bits per heavy atom. The van der Waals surface area contributed by atoms with Crippen molar-refractivity contribution in [3.05, 3.63) is 36.4 Å². The first-order valence-corrected chi connectivity index (χ1v) is 9.89. The van der Waals surface area contributed by atoms with Gasteiger partial charge in [-0.2, -0.15) is 0 Å². The Kier molecular flexibility index (Phi) is 6.68. The number of benzene rings is 1. The molecule has 0 aliphatic heterocycles. The molecule has 28 heavy (non-hydrogen) atoms. The molecule has 0 bridgehead atoms. The Hall–Kier alpha value is -2.83. The van der Waals surface area contributed by atoms with E-state index in [0.29, 0.717) is 24.2 Å². The maximum absolute atomic E-state index is 12.5. The highest BCUT2D eigenvalue weighted by molar-refractivity contribution is 5.96. The normalized spacial score (nSPS) is 22.3. The van der Waals surface area contributed by atoms with E-state index in [0.717, 1.165) is 25.7 Å². The van der Waals surface area contributed by atoms with Crippen LogP contribution >= 0.6 is 0 Å². The number of rotatable bonds is 5. The number of carboxylic acids is 1. The van der Waals surface area contributed by atoms with Crippen LogP contribution in [0.1, 0.15) is 44.9 Å². The van der Waals surface area contributed by atoms with Gasteiger partial charge in [0, 0.05) is 17.4 Å². The van der Waals surface area contributed by atoms with Crippen molar-refractivity contribution in [2.75, 3.05) is 10.6 Å². The summed E-state index contributed by atoms with van der Waals surface area (Å²) in [7, 11) is 0. The van der Waals surface area contributed by atoms with Gasteiger partial charge in [-0.25, -0.2) is 4.79 Å². The Morgan fingerprint density at radius 2 is 1.39 bits per heavy atom. The minimum absolute atomic E-state index is 0.220. The molecular weight excluding hydrogens is 358 g/mol. The Labute approximate surface area is 164 Å². The van der Waals surface area contributed by atoms with Crippen molar-refractivity contribution in [1.82, 2.24) is 5.32 Å². The number of hydrogen-bond acceptors (Lipinski definition) is 3. The van der Waals surface area contributed by atoms with E-state index in [9.17, 15) is 19.5 Å². The number of carboxylic acid groups (broad SMARTS) is 1. The maximum Gasteiger partial charge on any atom is 0.319 e. The molecule has 2 atom stereocenters. The highest BCUT2D eigenvalue weighted by Gasteiger charge is 2.33. The highest BCUT2D eigenvalue weighted by Crippen LogP contribution is 2.27. The maximum atomic E-state index is 12.5. The summed E-state index contributed by atoms with van der Waals surface area (Å²) < 4.78 is 0. The molecule has 4 N–H and O–H groups in total. The first-order chi connectivity index (χ1) is 13.5. The van der Waals surface area contributed by atoms with Crippen LogP contribution in [0.15, 0.2) is 36.4 Å². The lowest BCUT2D eigenvalue weighted by Gasteiger charge is -2.24. The van der Waals surface area contributed by atoms with E-state index in [1.54, 1.807) is 30.3 Å². The monoisotopic (exact) mass is 385 g/mol. The van der Waals surface area contributed by atoms with Crippen molar-refractivity contribution in [2.45, 2.75) is 51.0 Å². The zero-order chi connectivity index (χ0) is 19.9. The SMILES string of the molecule is O=C(Nc1ccc(NC(=O)[C@@H]2CC=CC[C@H]2C(=O)O)cc1)NC1CCCCC1. The average molecular weight is 385 g/mol. The van der Waals surface area contributed by atoms with Crippen molar-refractivity contribution >= 4 is 29.3 Å². The molecule has 150 valence electrons. The Bertz CT molecular complexity index is 739. The van der Waals surface area contributed by atoms with Crippen LogP contribution in [0.5, 0.6) is 0 Å².